The third kappa shape index (κ3) is 3.67. The summed E-state index contributed by atoms with van der Waals surface area (Å²) >= 11 is 0. The lowest BCUT2D eigenvalue weighted by molar-refractivity contribution is -0.135. The molecule has 1 atom stereocenters. The Hall–Kier alpha value is -1.20. The van der Waals surface area contributed by atoms with Crippen LogP contribution >= 0.6 is 0 Å². The van der Waals surface area contributed by atoms with Crippen LogP contribution in [0.1, 0.15) is 31.7 Å². The second-order valence-electron chi connectivity index (χ2n) is 5.40. The number of carbonyl (C=O) groups excluding carboxylic acids is 1. The molecule has 0 bridgehead atoms. The van der Waals surface area contributed by atoms with Crippen LogP contribution in [0, 0.1) is 6.92 Å². The van der Waals surface area contributed by atoms with Crippen molar-refractivity contribution in [2.24, 2.45) is 0 Å². The number of morpholine rings is 1. The molecule has 0 saturated carbocycles. The van der Waals surface area contributed by atoms with Gasteiger partial charge in [0.1, 0.15) is 6.10 Å². The van der Waals surface area contributed by atoms with Gasteiger partial charge in [-0.3, -0.25) is 14.4 Å². The predicted molar refractivity (Wildman–Crippen MR) is 77.8 cm³/mol. The van der Waals surface area contributed by atoms with E-state index >= 15 is 0 Å². The SMILES string of the molecule is CCCN1CCOC(C(=O)Cc2cc(C)nn2CC)C1. The van der Waals surface area contributed by atoms with Gasteiger partial charge in [-0.05, 0) is 32.9 Å². The van der Waals surface area contributed by atoms with Crippen LogP contribution in [0.25, 0.3) is 0 Å². The van der Waals surface area contributed by atoms with Crippen LogP contribution in [0.2, 0.25) is 0 Å². The van der Waals surface area contributed by atoms with Crippen LogP contribution in [0.15, 0.2) is 6.07 Å². The van der Waals surface area contributed by atoms with Gasteiger partial charge in [-0.1, -0.05) is 6.92 Å². The Labute approximate surface area is 120 Å². The van der Waals surface area contributed by atoms with E-state index in [1.54, 1.807) is 0 Å². The fraction of sp³-hybridized carbons (Fsp3) is 0.733. The van der Waals surface area contributed by atoms with Crippen LogP contribution in [0.5, 0.6) is 0 Å². The standard InChI is InChI=1S/C15H25N3O2/c1-4-6-17-7-8-20-15(11-17)14(19)10-13-9-12(3)16-18(13)5-2/h9,15H,4-8,10-11H2,1-3H3. The molecule has 0 radical (unpaired) electrons. The molecule has 0 aliphatic carbocycles. The van der Waals surface area contributed by atoms with E-state index in [0.717, 1.165) is 44.0 Å². The van der Waals surface area contributed by atoms with Crippen molar-refractivity contribution in [2.45, 2.75) is 46.3 Å². The second-order valence-corrected chi connectivity index (χ2v) is 5.40. The van der Waals surface area contributed by atoms with E-state index in [0.29, 0.717) is 13.0 Å². The van der Waals surface area contributed by atoms with Crippen molar-refractivity contribution in [3.8, 4) is 0 Å². The van der Waals surface area contributed by atoms with Crippen molar-refractivity contribution < 1.29 is 9.53 Å². The van der Waals surface area contributed by atoms with Crippen molar-refractivity contribution in [3.05, 3.63) is 17.5 Å². The summed E-state index contributed by atoms with van der Waals surface area (Å²) in [7, 11) is 0. The summed E-state index contributed by atoms with van der Waals surface area (Å²) in [5.41, 5.74) is 1.96. The fourth-order valence-electron chi connectivity index (χ4n) is 2.72. The smallest absolute Gasteiger partial charge is 0.168 e. The van der Waals surface area contributed by atoms with E-state index in [-0.39, 0.29) is 11.9 Å². The van der Waals surface area contributed by atoms with Crippen LogP contribution in [0.3, 0.4) is 0 Å². The molecule has 1 saturated heterocycles. The van der Waals surface area contributed by atoms with Gasteiger partial charge in [0, 0.05) is 25.3 Å². The maximum atomic E-state index is 12.4. The Balaban J connectivity index is 1.97. The Morgan fingerprint density at radius 1 is 1.50 bits per heavy atom. The molecule has 5 heteroatoms. The van der Waals surface area contributed by atoms with Crippen LogP contribution in [-0.2, 0) is 22.5 Å². The highest BCUT2D eigenvalue weighted by Gasteiger charge is 2.26. The van der Waals surface area contributed by atoms with Crippen molar-refractivity contribution in [1.29, 1.82) is 0 Å². The summed E-state index contributed by atoms with van der Waals surface area (Å²) < 4.78 is 7.55. The van der Waals surface area contributed by atoms with Gasteiger partial charge >= 0.3 is 0 Å². The molecular weight excluding hydrogens is 254 g/mol. The largest absolute Gasteiger partial charge is 0.368 e. The highest BCUT2D eigenvalue weighted by Crippen LogP contribution is 2.11. The minimum atomic E-state index is -0.282. The molecule has 0 amide bonds. The van der Waals surface area contributed by atoms with Crippen molar-refractivity contribution in [1.82, 2.24) is 14.7 Å². The quantitative estimate of drug-likeness (QED) is 0.790. The average molecular weight is 279 g/mol. The van der Waals surface area contributed by atoms with Crippen LogP contribution in [0.4, 0.5) is 0 Å². The topological polar surface area (TPSA) is 47.4 Å². The zero-order chi connectivity index (χ0) is 14.5. The van der Waals surface area contributed by atoms with Gasteiger partial charge in [-0.25, -0.2) is 0 Å². The van der Waals surface area contributed by atoms with Crippen LogP contribution in [-0.4, -0.2) is 52.8 Å². The Kier molecular flexibility index (Phi) is 5.31. The first kappa shape index (κ1) is 15.2. The van der Waals surface area contributed by atoms with E-state index < -0.39 is 0 Å². The summed E-state index contributed by atoms with van der Waals surface area (Å²) in [6.07, 6.45) is 1.25. The highest BCUT2D eigenvalue weighted by atomic mass is 16.5. The molecule has 5 nitrogen and oxygen atoms in total. The first-order chi connectivity index (χ1) is 9.63. The van der Waals surface area contributed by atoms with Crippen molar-refractivity contribution in [2.75, 3.05) is 26.2 Å². The number of ether oxygens (including phenoxy) is 1. The van der Waals surface area contributed by atoms with Crippen molar-refractivity contribution >= 4 is 5.78 Å². The molecule has 2 heterocycles. The molecular formula is C15H25N3O2. The van der Waals surface area contributed by atoms with E-state index in [4.69, 9.17) is 4.74 Å². The first-order valence-electron chi connectivity index (χ1n) is 7.54. The monoisotopic (exact) mass is 279 g/mol. The lowest BCUT2D eigenvalue weighted by atomic mass is 10.1. The average Bonchev–Trinajstić information content (AvgIpc) is 2.79. The van der Waals surface area contributed by atoms with Gasteiger partial charge in [-0.15, -0.1) is 0 Å². The lowest BCUT2D eigenvalue weighted by Gasteiger charge is -2.31. The Morgan fingerprint density at radius 3 is 3.00 bits per heavy atom. The van der Waals surface area contributed by atoms with E-state index in [9.17, 15) is 4.79 Å². The first-order valence-corrected chi connectivity index (χ1v) is 7.54. The number of hydrogen-bond donors (Lipinski definition) is 0. The third-order valence-corrected chi connectivity index (χ3v) is 3.69. The zero-order valence-corrected chi connectivity index (χ0v) is 12.8. The molecule has 0 spiro atoms. The predicted octanol–water partition coefficient (Wildman–Crippen LogP) is 1.43. The molecule has 20 heavy (non-hydrogen) atoms. The summed E-state index contributed by atoms with van der Waals surface area (Å²) in [4.78, 5) is 14.7. The number of aromatic nitrogens is 2. The van der Waals surface area contributed by atoms with E-state index in [1.165, 1.54) is 0 Å². The molecule has 1 unspecified atom stereocenters. The molecule has 0 N–H and O–H groups in total. The number of hydrogen-bond acceptors (Lipinski definition) is 4. The molecule has 1 aromatic rings. The van der Waals surface area contributed by atoms with E-state index in [1.807, 2.05) is 24.6 Å². The molecule has 1 aliphatic rings. The zero-order valence-electron chi connectivity index (χ0n) is 12.8. The van der Waals surface area contributed by atoms with Gasteiger partial charge in [0.2, 0.25) is 0 Å². The number of rotatable bonds is 6. The van der Waals surface area contributed by atoms with Crippen molar-refractivity contribution in [3.63, 3.8) is 0 Å². The number of ketones is 1. The molecule has 1 aromatic heterocycles. The van der Waals surface area contributed by atoms with Gasteiger partial charge < -0.3 is 4.74 Å². The highest BCUT2D eigenvalue weighted by molar-refractivity contribution is 5.85. The van der Waals surface area contributed by atoms with Gasteiger partial charge in [0.15, 0.2) is 5.78 Å². The Morgan fingerprint density at radius 2 is 2.30 bits per heavy atom. The molecule has 0 aromatic carbocycles. The third-order valence-electron chi connectivity index (χ3n) is 3.69. The van der Waals surface area contributed by atoms with Gasteiger partial charge in [0.25, 0.3) is 0 Å². The summed E-state index contributed by atoms with van der Waals surface area (Å²) in [6.45, 7) is 10.3. The summed E-state index contributed by atoms with van der Waals surface area (Å²) in [5.74, 6) is 0.167. The minimum Gasteiger partial charge on any atom is -0.368 e. The summed E-state index contributed by atoms with van der Waals surface area (Å²) in [6, 6.07) is 1.99. The normalized spacial score (nSPS) is 20.2. The number of carbonyl (C=O) groups is 1. The Bertz CT molecular complexity index is 454. The van der Waals surface area contributed by atoms with Gasteiger partial charge in [0.05, 0.1) is 18.7 Å². The molecule has 1 aliphatic heterocycles. The summed E-state index contributed by atoms with van der Waals surface area (Å²) in [5, 5.41) is 4.38. The maximum absolute atomic E-state index is 12.4. The molecule has 2 rings (SSSR count). The van der Waals surface area contributed by atoms with Crippen LogP contribution < -0.4 is 0 Å². The fourth-order valence-corrected chi connectivity index (χ4v) is 2.72. The van der Waals surface area contributed by atoms with Gasteiger partial charge in [-0.2, -0.15) is 5.10 Å². The minimum absolute atomic E-state index is 0.167. The lowest BCUT2D eigenvalue weighted by Crippen LogP contribution is -2.46. The number of Topliss-reactive ketones (excluding diaryl/α,β-unsaturated/α-hetero) is 1. The number of nitrogens with zero attached hydrogens (tertiary/aromatic N) is 3. The number of aryl methyl sites for hydroxylation is 2. The second kappa shape index (κ2) is 6.99. The maximum Gasteiger partial charge on any atom is 0.168 e. The van der Waals surface area contributed by atoms with E-state index in [2.05, 4.69) is 16.9 Å². The molecule has 112 valence electrons. The molecule has 1 fully saturated rings.